The number of carboxylic acids is 1. The Morgan fingerprint density at radius 2 is 2.14 bits per heavy atom. The first kappa shape index (κ1) is 16.6. The number of carbonyl (C=O) groups is 1. The highest BCUT2D eigenvalue weighted by Gasteiger charge is 2.29. The van der Waals surface area contributed by atoms with E-state index in [-0.39, 0.29) is 13.1 Å². The third kappa shape index (κ3) is 3.36. The summed E-state index contributed by atoms with van der Waals surface area (Å²) in [6, 6.07) is 2.54. The molecule has 0 fully saturated rings. The fourth-order valence-electron chi connectivity index (χ4n) is 1.63. The molecule has 0 amide bonds. The van der Waals surface area contributed by atoms with Gasteiger partial charge in [0, 0.05) is 18.7 Å². The van der Waals surface area contributed by atoms with Crippen molar-refractivity contribution in [1.29, 1.82) is 0 Å². The van der Waals surface area contributed by atoms with Crippen molar-refractivity contribution >= 4 is 21.7 Å². The molecule has 0 aliphatic rings. The summed E-state index contributed by atoms with van der Waals surface area (Å²) in [6.45, 7) is 1.36. The zero-order valence-corrected chi connectivity index (χ0v) is 11.8. The number of terminal acetylenes is 1. The number of rotatable bonds is 6. The van der Waals surface area contributed by atoms with Crippen LogP contribution in [0.3, 0.4) is 0 Å². The lowest BCUT2D eigenvalue weighted by Gasteiger charge is -2.18. The van der Waals surface area contributed by atoms with Crippen LogP contribution in [-0.4, -0.2) is 41.8 Å². The van der Waals surface area contributed by atoms with E-state index in [2.05, 4.69) is 5.92 Å². The first-order valence-electron chi connectivity index (χ1n) is 5.71. The second-order valence-corrected chi connectivity index (χ2v) is 5.78. The van der Waals surface area contributed by atoms with Gasteiger partial charge in [-0.1, -0.05) is 12.8 Å². The standard InChI is InChI=1S/C12H12N2O6S/c1-3-7-13(4-2)21(19,20)11-6-5-9(14(17)18)8-10(11)12(15)16/h1,5-6,8H,4,7H2,2H3,(H,15,16). The number of benzene rings is 1. The molecule has 0 aromatic heterocycles. The van der Waals surface area contributed by atoms with E-state index in [0.29, 0.717) is 6.07 Å². The number of nitrogens with zero attached hydrogens (tertiary/aromatic N) is 2. The van der Waals surface area contributed by atoms with E-state index in [1.165, 1.54) is 0 Å². The van der Waals surface area contributed by atoms with Crippen molar-refractivity contribution < 1.29 is 23.2 Å². The summed E-state index contributed by atoms with van der Waals surface area (Å²) in [5.74, 6) is 0.589. The van der Waals surface area contributed by atoms with Crippen molar-refractivity contribution in [3.05, 3.63) is 33.9 Å². The summed E-state index contributed by atoms with van der Waals surface area (Å²) < 4.78 is 25.6. The number of nitro groups is 1. The average molecular weight is 312 g/mol. The molecule has 0 saturated heterocycles. The lowest BCUT2D eigenvalue weighted by atomic mass is 10.2. The Bertz CT molecular complexity index is 720. The number of sulfonamides is 1. The van der Waals surface area contributed by atoms with Gasteiger partial charge >= 0.3 is 5.97 Å². The average Bonchev–Trinajstić information content (AvgIpc) is 2.43. The maximum absolute atomic E-state index is 12.4. The SMILES string of the molecule is C#CCN(CC)S(=O)(=O)c1ccc([N+](=O)[O-])cc1C(=O)O. The molecule has 8 nitrogen and oxygen atoms in total. The highest BCUT2D eigenvalue weighted by molar-refractivity contribution is 7.89. The number of non-ortho nitro benzene ring substituents is 1. The topological polar surface area (TPSA) is 118 Å². The van der Waals surface area contributed by atoms with Crippen LogP contribution in [0, 0.1) is 22.5 Å². The normalized spacial score (nSPS) is 11.1. The van der Waals surface area contributed by atoms with Crippen molar-refractivity contribution in [2.24, 2.45) is 0 Å². The molecule has 0 spiro atoms. The van der Waals surface area contributed by atoms with Gasteiger partial charge in [0.2, 0.25) is 10.0 Å². The van der Waals surface area contributed by atoms with Crippen LogP contribution in [0.15, 0.2) is 23.1 Å². The summed E-state index contributed by atoms with van der Waals surface area (Å²) >= 11 is 0. The van der Waals surface area contributed by atoms with Gasteiger partial charge in [-0.2, -0.15) is 4.31 Å². The van der Waals surface area contributed by atoms with Gasteiger partial charge in [-0.3, -0.25) is 10.1 Å². The predicted octanol–water partition coefficient (Wildman–Crippen LogP) is 0.937. The van der Waals surface area contributed by atoms with Gasteiger partial charge in [-0.05, 0) is 6.07 Å². The van der Waals surface area contributed by atoms with Crippen LogP contribution in [0.1, 0.15) is 17.3 Å². The third-order valence-electron chi connectivity index (χ3n) is 2.64. The molecule has 9 heteroatoms. The molecule has 0 unspecified atom stereocenters. The Morgan fingerprint density at radius 3 is 2.57 bits per heavy atom. The maximum atomic E-state index is 12.4. The summed E-state index contributed by atoms with van der Waals surface area (Å²) in [5, 5.41) is 19.7. The van der Waals surface area contributed by atoms with Crippen LogP contribution < -0.4 is 0 Å². The zero-order valence-electron chi connectivity index (χ0n) is 11.0. The Hall–Kier alpha value is -2.44. The Labute approximate surface area is 121 Å². The second-order valence-electron chi connectivity index (χ2n) is 3.88. The van der Waals surface area contributed by atoms with Crippen LogP contribution in [-0.2, 0) is 10.0 Å². The van der Waals surface area contributed by atoms with Gasteiger partial charge in [0.15, 0.2) is 0 Å². The van der Waals surface area contributed by atoms with Crippen molar-refractivity contribution in [2.75, 3.05) is 13.1 Å². The summed E-state index contributed by atoms with van der Waals surface area (Å²) in [5.41, 5.74) is -1.17. The highest BCUT2D eigenvalue weighted by Crippen LogP contribution is 2.24. The fraction of sp³-hybridized carbons (Fsp3) is 0.250. The quantitative estimate of drug-likeness (QED) is 0.474. The van der Waals surface area contributed by atoms with Gasteiger partial charge in [-0.15, -0.1) is 6.42 Å². The van der Waals surface area contributed by atoms with Crippen LogP contribution >= 0.6 is 0 Å². The predicted molar refractivity (Wildman–Crippen MR) is 73.3 cm³/mol. The Balaban J connectivity index is 3.52. The number of nitro benzene ring substituents is 1. The van der Waals surface area contributed by atoms with Crippen molar-refractivity contribution in [1.82, 2.24) is 4.31 Å². The number of aromatic carboxylic acids is 1. The van der Waals surface area contributed by atoms with Crippen LogP contribution in [0.25, 0.3) is 0 Å². The smallest absolute Gasteiger partial charge is 0.337 e. The number of carboxylic acid groups (broad SMARTS) is 1. The summed E-state index contributed by atoms with van der Waals surface area (Å²) in [6.07, 6.45) is 5.08. The van der Waals surface area contributed by atoms with Crippen molar-refractivity contribution in [3.63, 3.8) is 0 Å². The van der Waals surface area contributed by atoms with Gasteiger partial charge in [-0.25, -0.2) is 13.2 Å². The zero-order chi connectivity index (χ0) is 16.2. The molecule has 1 N–H and O–H groups in total. The van der Waals surface area contributed by atoms with Gasteiger partial charge in [0.25, 0.3) is 5.69 Å². The van der Waals surface area contributed by atoms with E-state index in [1.54, 1.807) is 6.92 Å². The molecule has 112 valence electrons. The van der Waals surface area contributed by atoms with E-state index in [0.717, 1.165) is 16.4 Å². The molecule has 0 bridgehead atoms. The second kappa shape index (κ2) is 6.34. The molecular formula is C12H12N2O6S. The Kier molecular flexibility index (Phi) is 5.02. The summed E-state index contributed by atoms with van der Waals surface area (Å²) in [7, 11) is -4.14. The van der Waals surface area contributed by atoms with Crippen LogP contribution in [0.4, 0.5) is 5.69 Å². The highest BCUT2D eigenvalue weighted by atomic mass is 32.2. The fourth-order valence-corrected chi connectivity index (χ4v) is 3.16. The van der Waals surface area contributed by atoms with Crippen molar-refractivity contribution in [3.8, 4) is 12.3 Å². The molecule has 1 aromatic rings. The summed E-state index contributed by atoms with van der Waals surface area (Å²) in [4.78, 5) is 20.5. The van der Waals surface area contributed by atoms with Gasteiger partial charge in [0.05, 0.1) is 21.9 Å². The molecule has 1 rings (SSSR count). The molecule has 21 heavy (non-hydrogen) atoms. The lowest BCUT2D eigenvalue weighted by molar-refractivity contribution is -0.384. The monoisotopic (exact) mass is 312 g/mol. The molecule has 0 radical (unpaired) electrons. The molecule has 0 saturated carbocycles. The first-order valence-corrected chi connectivity index (χ1v) is 7.15. The Morgan fingerprint density at radius 1 is 1.52 bits per heavy atom. The van der Waals surface area contributed by atoms with Crippen molar-refractivity contribution in [2.45, 2.75) is 11.8 Å². The largest absolute Gasteiger partial charge is 0.478 e. The van der Waals surface area contributed by atoms with Gasteiger partial charge < -0.3 is 5.11 Å². The number of hydrogen-bond donors (Lipinski definition) is 1. The van der Waals surface area contributed by atoms with E-state index in [4.69, 9.17) is 11.5 Å². The van der Waals surface area contributed by atoms with Crippen LogP contribution in [0.5, 0.6) is 0 Å². The van der Waals surface area contributed by atoms with E-state index in [1.807, 2.05) is 0 Å². The van der Waals surface area contributed by atoms with Crippen LogP contribution in [0.2, 0.25) is 0 Å². The minimum Gasteiger partial charge on any atom is -0.478 e. The lowest BCUT2D eigenvalue weighted by Crippen LogP contribution is -2.32. The minimum atomic E-state index is -4.14. The molecule has 0 aliphatic heterocycles. The molecule has 0 heterocycles. The molecule has 1 aromatic carbocycles. The minimum absolute atomic E-state index is 0.0442. The van der Waals surface area contributed by atoms with Gasteiger partial charge in [0.1, 0.15) is 0 Å². The third-order valence-corrected chi connectivity index (χ3v) is 4.62. The molecule has 0 atom stereocenters. The number of hydrogen-bond acceptors (Lipinski definition) is 5. The first-order chi connectivity index (χ1) is 9.75. The molecule has 0 aliphatic carbocycles. The maximum Gasteiger partial charge on any atom is 0.337 e. The molecular weight excluding hydrogens is 300 g/mol. The van der Waals surface area contributed by atoms with E-state index >= 15 is 0 Å². The van der Waals surface area contributed by atoms with E-state index < -0.39 is 37.1 Å². The van der Waals surface area contributed by atoms with E-state index in [9.17, 15) is 23.3 Å².